The smallest absolute Gasteiger partial charge is 0.335 e. The van der Waals surface area contributed by atoms with E-state index in [1.165, 1.54) is 30.3 Å². The SMILES string of the molecule is O=C(O)c1ccc2nc(-c3cccc(O)c3O)oc2c1. The van der Waals surface area contributed by atoms with Crippen molar-refractivity contribution >= 4 is 17.1 Å². The Balaban J connectivity index is 2.18. The topological polar surface area (TPSA) is 104 Å². The number of benzene rings is 2. The summed E-state index contributed by atoms with van der Waals surface area (Å²) in [7, 11) is 0. The van der Waals surface area contributed by atoms with Crippen LogP contribution in [0.2, 0.25) is 0 Å². The summed E-state index contributed by atoms with van der Waals surface area (Å²) >= 11 is 0. The van der Waals surface area contributed by atoms with Gasteiger partial charge >= 0.3 is 5.97 Å². The summed E-state index contributed by atoms with van der Waals surface area (Å²) in [5.74, 6) is -1.57. The van der Waals surface area contributed by atoms with E-state index >= 15 is 0 Å². The number of phenolic OH excluding ortho intramolecular Hbond substituents is 2. The second kappa shape index (κ2) is 4.27. The fourth-order valence-corrected chi connectivity index (χ4v) is 1.88. The Hall–Kier alpha value is -3.02. The highest BCUT2D eigenvalue weighted by molar-refractivity contribution is 5.92. The summed E-state index contributed by atoms with van der Waals surface area (Å²) in [6.45, 7) is 0. The van der Waals surface area contributed by atoms with Gasteiger partial charge in [0.25, 0.3) is 0 Å². The lowest BCUT2D eigenvalue weighted by molar-refractivity contribution is 0.0697. The van der Waals surface area contributed by atoms with Crippen molar-refractivity contribution in [1.82, 2.24) is 4.98 Å². The molecule has 100 valence electrons. The van der Waals surface area contributed by atoms with Gasteiger partial charge < -0.3 is 19.7 Å². The van der Waals surface area contributed by atoms with Gasteiger partial charge in [-0.3, -0.25) is 0 Å². The van der Waals surface area contributed by atoms with Crippen LogP contribution in [0.5, 0.6) is 11.5 Å². The number of aromatic carboxylic acids is 1. The highest BCUT2D eigenvalue weighted by Gasteiger charge is 2.15. The number of fused-ring (bicyclic) bond motifs is 1. The van der Waals surface area contributed by atoms with E-state index in [1.54, 1.807) is 6.07 Å². The molecule has 1 aromatic heterocycles. The van der Waals surface area contributed by atoms with Crippen molar-refractivity contribution in [1.29, 1.82) is 0 Å². The number of carbonyl (C=O) groups is 1. The van der Waals surface area contributed by atoms with Gasteiger partial charge in [-0.05, 0) is 30.3 Å². The van der Waals surface area contributed by atoms with Crippen LogP contribution in [0.25, 0.3) is 22.6 Å². The Labute approximate surface area is 112 Å². The summed E-state index contributed by atoms with van der Waals surface area (Å²) in [6, 6.07) is 8.71. The number of para-hydroxylation sites is 1. The number of aromatic nitrogens is 1. The highest BCUT2D eigenvalue weighted by atomic mass is 16.4. The first-order valence-corrected chi connectivity index (χ1v) is 5.71. The molecule has 0 saturated carbocycles. The summed E-state index contributed by atoms with van der Waals surface area (Å²) in [5.41, 5.74) is 1.08. The van der Waals surface area contributed by atoms with Crippen LogP contribution in [0.1, 0.15) is 10.4 Å². The predicted octanol–water partition coefficient (Wildman–Crippen LogP) is 2.60. The third-order valence-corrected chi connectivity index (χ3v) is 2.88. The average molecular weight is 271 g/mol. The molecule has 1 heterocycles. The molecular formula is C14H9NO5. The van der Waals surface area contributed by atoms with Crippen molar-refractivity contribution in [2.24, 2.45) is 0 Å². The van der Waals surface area contributed by atoms with Gasteiger partial charge in [0.05, 0.1) is 11.1 Å². The van der Waals surface area contributed by atoms with Crippen LogP contribution in [0, 0.1) is 0 Å². The molecule has 0 unspecified atom stereocenters. The highest BCUT2D eigenvalue weighted by Crippen LogP contribution is 2.36. The van der Waals surface area contributed by atoms with E-state index in [4.69, 9.17) is 9.52 Å². The number of hydrogen-bond donors (Lipinski definition) is 3. The fourth-order valence-electron chi connectivity index (χ4n) is 1.88. The number of carboxylic acid groups (broad SMARTS) is 1. The minimum atomic E-state index is -1.06. The van der Waals surface area contributed by atoms with Gasteiger partial charge in [-0.15, -0.1) is 0 Å². The van der Waals surface area contributed by atoms with E-state index in [9.17, 15) is 15.0 Å². The Morgan fingerprint density at radius 3 is 2.70 bits per heavy atom. The molecule has 6 heteroatoms. The van der Waals surface area contributed by atoms with Gasteiger partial charge in [0, 0.05) is 0 Å². The summed E-state index contributed by atoms with van der Waals surface area (Å²) in [5, 5.41) is 28.1. The molecule has 0 fully saturated rings. The summed E-state index contributed by atoms with van der Waals surface area (Å²) in [4.78, 5) is 15.0. The quantitative estimate of drug-likeness (QED) is 0.619. The molecule has 0 amide bonds. The standard InChI is InChI=1S/C14H9NO5/c16-10-3-1-2-8(12(10)17)13-15-9-5-4-7(14(18)19)6-11(9)20-13/h1-6,16-17H,(H,18,19). The van der Waals surface area contributed by atoms with Crippen LogP contribution in [0.15, 0.2) is 40.8 Å². The Morgan fingerprint density at radius 1 is 1.15 bits per heavy atom. The maximum absolute atomic E-state index is 10.9. The van der Waals surface area contributed by atoms with E-state index in [-0.39, 0.29) is 28.5 Å². The van der Waals surface area contributed by atoms with Crippen molar-refractivity contribution in [3.8, 4) is 23.0 Å². The van der Waals surface area contributed by atoms with Crippen molar-refractivity contribution in [3.63, 3.8) is 0 Å². The molecule has 6 nitrogen and oxygen atoms in total. The number of hydrogen-bond acceptors (Lipinski definition) is 5. The van der Waals surface area contributed by atoms with Crippen LogP contribution in [0.4, 0.5) is 0 Å². The van der Waals surface area contributed by atoms with Gasteiger partial charge in [0.2, 0.25) is 5.89 Å². The molecule has 0 bridgehead atoms. The molecule has 0 radical (unpaired) electrons. The molecule has 0 aliphatic rings. The first kappa shape index (κ1) is 12.0. The number of nitrogens with zero attached hydrogens (tertiary/aromatic N) is 1. The average Bonchev–Trinajstić information content (AvgIpc) is 2.84. The molecule has 3 rings (SSSR count). The number of phenols is 2. The molecule has 0 aliphatic carbocycles. The zero-order valence-electron chi connectivity index (χ0n) is 10.1. The zero-order valence-corrected chi connectivity index (χ0v) is 10.1. The van der Waals surface area contributed by atoms with Crippen molar-refractivity contribution in [2.75, 3.05) is 0 Å². The minimum absolute atomic E-state index is 0.0836. The molecule has 2 aromatic carbocycles. The van der Waals surface area contributed by atoms with Crippen molar-refractivity contribution < 1.29 is 24.5 Å². The van der Waals surface area contributed by atoms with Gasteiger partial charge in [-0.1, -0.05) is 6.07 Å². The Bertz CT molecular complexity index is 822. The molecule has 20 heavy (non-hydrogen) atoms. The summed E-state index contributed by atoms with van der Waals surface area (Å²) in [6.07, 6.45) is 0. The molecule has 3 N–H and O–H groups in total. The maximum Gasteiger partial charge on any atom is 0.335 e. The lowest BCUT2D eigenvalue weighted by Gasteiger charge is -2.01. The van der Waals surface area contributed by atoms with Gasteiger partial charge in [0.1, 0.15) is 5.52 Å². The second-order valence-corrected chi connectivity index (χ2v) is 4.18. The minimum Gasteiger partial charge on any atom is -0.504 e. The molecule has 0 spiro atoms. The van der Waals surface area contributed by atoms with Crippen LogP contribution < -0.4 is 0 Å². The molecule has 0 saturated heterocycles. The van der Waals surface area contributed by atoms with Crippen molar-refractivity contribution in [2.45, 2.75) is 0 Å². The fraction of sp³-hybridized carbons (Fsp3) is 0. The zero-order chi connectivity index (χ0) is 14.3. The Kier molecular flexibility index (Phi) is 2.57. The van der Waals surface area contributed by atoms with E-state index in [0.717, 1.165) is 0 Å². The van der Waals surface area contributed by atoms with Gasteiger partial charge in [-0.2, -0.15) is 0 Å². The number of rotatable bonds is 2. The molecule has 0 aliphatic heterocycles. The van der Waals surface area contributed by atoms with Crippen molar-refractivity contribution in [3.05, 3.63) is 42.0 Å². The van der Waals surface area contributed by atoms with E-state index in [1.807, 2.05) is 0 Å². The van der Waals surface area contributed by atoms with E-state index < -0.39 is 5.97 Å². The third-order valence-electron chi connectivity index (χ3n) is 2.88. The number of carboxylic acids is 1. The summed E-state index contributed by atoms with van der Waals surface area (Å²) < 4.78 is 5.44. The largest absolute Gasteiger partial charge is 0.504 e. The Morgan fingerprint density at radius 2 is 1.95 bits per heavy atom. The van der Waals surface area contributed by atoms with E-state index in [2.05, 4.69) is 4.98 Å². The van der Waals surface area contributed by atoms with Crippen LogP contribution in [-0.4, -0.2) is 26.3 Å². The lowest BCUT2D eigenvalue weighted by atomic mass is 10.2. The molecular weight excluding hydrogens is 262 g/mol. The van der Waals surface area contributed by atoms with Gasteiger partial charge in [0.15, 0.2) is 17.1 Å². The first-order valence-electron chi connectivity index (χ1n) is 5.71. The molecule has 3 aromatic rings. The monoisotopic (exact) mass is 271 g/mol. The third kappa shape index (κ3) is 1.83. The van der Waals surface area contributed by atoms with E-state index in [0.29, 0.717) is 11.1 Å². The molecule has 0 atom stereocenters. The number of aromatic hydroxyl groups is 2. The number of oxazole rings is 1. The second-order valence-electron chi connectivity index (χ2n) is 4.18. The van der Waals surface area contributed by atoms with Crippen LogP contribution in [0.3, 0.4) is 0 Å². The van der Waals surface area contributed by atoms with Crippen LogP contribution in [-0.2, 0) is 0 Å². The maximum atomic E-state index is 10.9. The predicted molar refractivity (Wildman–Crippen MR) is 69.7 cm³/mol. The van der Waals surface area contributed by atoms with Crippen LogP contribution >= 0.6 is 0 Å². The first-order chi connectivity index (χ1) is 9.56. The van der Waals surface area contributed by atoms with Gasteiger partial charge in [-0.25, -0.2) is 9.78 Å². The lowest BCUT2D eigenvalue weighted by Crippen LogP contribution is -1.94. The normalized spacial score (nSPS) is 10.8.